The molecule has 2 rings (SSSR count). The van der Waals surface area contributed by atoms with Gasteiger partial charge >= 0.3 is 0 Å². The molecule has 1 amide bonds. The normalized spacial score (nSPS) is 12.0. The summed E-state index contributed by atoms with van der Waals surface area (Å²) in [6.45, 7) is 2.27. The lowest BCUT2D eigenvalue weighted by molar-refractivity contribution is -0.117. The predicted molar refractivity (Wildman–Crippen MR) is 91.9 cm³/mol. The van der Waals surface area contributed by atoms with Crippen LogP contribution in [0.15, 0.2) is 42.6 Å². The van der Waals surface area contributed by atoms with E-state index in [1.807, 2.05) is 43.1 Å². The number of nitrogens with zero attached hydrogens (tertiary/aromatic N) is 2. The first-order valence-corrected chi connectivity index (χ1v) is 7.63. The summed E-state index contributed by atoms with van der Waals surface area (Å²) in [6, 6.07) is 11.2. The van der Waals surface area contributed by atoms with Crippen molar-refractivity contribution in [3.05, 3.63) is 53.2 Å². The smallest absolute Gasteiger partial charge is 0.239 e. The number of likely N-dealkylation sites (N-methyl/N-ethyl adjacent to an activating group) is 1. The summed E-state index contributed by atoms with van der Waals surface area (Å²) in [5, 5.41) is 3.29. The number of nitrogens with one attached hydrogen (secondary N) is 1. The molecule has 1 unspecified atom stereocenters. The van der Waals surface area contributed by atoms with Gasteiger partial charge in [0.05, 0.1) is 18.7 Å². The highest BCUT2D eigenvalue weighted by atomic mass is 35.5. The summed E-state index contributed by atoms with van der Waals surface area (Å²) >= 11 is 5.78. The highest BCUT2D eigenvalue weighted by Crippen LogP contribution is 2.27. The maximum Gasteiger partial charge on any atom is 0.239 e. The van der Waals surface area contributed by atoms with Crippen LogP contribution in [0.2, 0.25) is 5.02 Å². The summed E-state index contributed by atoms with van der Waals surface area (Å²) in [4.78, 5) is 18.1. The number of hydrogen-bond donors (Lipinski definition) is 1. The van der Waals surface area contributed by atoms with Crippen LogP contribution < -0.4 is 10.1 Å². The molecule has 23 heavy (non-hydrogen) atoms. The van der Waals surface area contributed by atoms with Crippen LogP contribution in [0.5, 0.6) is 5.75 Å². The number of aromatic nitrogens is 1. The lowest BCUT2D eigenvalue weighted by Crippen LogP contribution is -2.32. The molecule has 1 aromatic heterocycles. The third-order valence-electron chi connectivity index (χ3n) is 3.64. The molecule has 1 aromatic carbocycles. The number of carbonyl (C=O) groups is 1. The quantitative estimate of drug-likeness (QED) is 0.880. The highest BCUT2D eigenvalue weighted by Gasteiger charge is 2.18. The number of amides is 1. The first kappa shape index (κ1) is 17.2. The fourth-order valence-corrected chi connectivity index (χ4v) is 2.36. The van der Waals surface area contributed by atoms with Crippen molar-refractivity contribution in [1.82, 2.24) is 9.88 Å². The van der Waals surface area contributed by atoms with Crippen molar-refractivity contribution in [2.75, 3.05) is 26.0 Å². The van der Waals surface area contributed by atoms with E-state index < -0.39 is 0 Å². The lowest BCUT2D eigenvalue weighted by Gasteiger charge is -2.25. The number of anilines is 1. The van der Waals surface area contributed by atoms with E-state index in [4.69, 9.17) is 16.3 Å². The zero-order chi connectivity index (χ0) is 16.8. The maximum atomic E-state index is 12.1. The molecule has 6 heteroatoms. The fraction of sp³-hybridized carbons (Fsp3) is 0.294. The van der Waals surface area contributed by atoms with E-state index in [0.29, 0.717) is 10.8 Å². The van der Waals surface area contributed by atoms with Crippen LogP contribution in [0.3, 0.4) is 0 Å². The topological polar surface area (TPSA) is 54.5 Å². The third kappa shape index (κ3) is 4.68. The molecule has 5 nitrogen and oxygen atoms in total. The molecule has 0 bridgehead atoms. The van der Waals surface area contributed by atoms with E-state index in [1.165, 1.54) is 6.20 Å². The predicted octanol–water partition coefficient (Wildman–Crippen LogP) is 3.38. The van der Waals surface area contributed by atoms with Crippen molar-refractivity contribution in [2.45, 2.75) is 13.0 Å². The summed E-state index contributed by atoms with van der Waals surface area (Å²) in [5.74, 6) is 1.16. The number of carbonyl (C=O) groups excluding carboxylic acids is 1. The number of hydrogen-bond acceptors (Lipinski definition) is 4. The molecule has 122 valence electrons. The van der Waals surface area contributed by atoms with Crippen molar-refractivity contribution in [3.8, 4) is 5.75 Å². The summed E-state index contributed by atoms with van der Waals surface area (Å²) in [5.41, 5.74) is 1.04. The van der Waals surface area contributed by atoms with Crippen LogP contribution in [0.4, 0.5) is 5.82 Å². The van der Waals surface area contributed by atoms with Gasteiger partial charge in [0.25, 0.3) is 0 Å². The SMILES string of the molecule is COc1ccccc1C(C)N(C)CC(=O)Nc1ccc(Cl)cn1. The van der Waals surface area contributed by atoms with E-state index in [2.05, 4.69) is 10.3 Å². The van der Waals surface area contributed by atoms with Gasteiger partial charge < -0.3 is 10.1 Å². The third-order valence-corrected chi connectivity index (χ3v) is 3.86. The Morgan fingerprint density at radius 3 is 2.74 bits per heavy atom. The number of rotatable bonds is 6. The number of pyridine rings is 1. The summed E-state index contributed by atoms with van der Waals surface area (Å²) in [6.07, 6.45) is 1.50. The molecule has 1 atom stereocenters. The van der Waals surface area contributed by atoms with Crippen LogP contribution in [0, 0.1) is 0 Å². The van der Waals surface area contributed by atoms with Crippen LogP contribution in [-0.2, 0) is 4.79 Å². The number of methoxy groups -OCH3 is 1. The largest absolute Gasteiger partial charge is 0.496 e. The molecule has 0 aliphatic carbocycles. The van der Waals surface area contributed by atoms with Gasteiger partial charge in [-0.25, -0.2) is 4.98 Å². The minimum atomic E-state index is -0.135. The zero-order valence-electron chi connectivity index (χ0n) is 13.4. The molecule has 0 radical (unpaired) electrons. The Morgan fingerprint density at radius 2 is 2.09 bits per heavy atom. The van der Waals surface area contributed by atoms with Crippen molar-refractivity contribution in [3.63, 3.8) is 0 Å². The van der Waals surface area contributed by atoms with Crippen LogP contribution in [0.25, 0.3) is 0 Å². The van der Waals surface area contributed by atoms with Gasteiger partial charge in [0.2, 0.25) is 5.91 Å². The Hall–Kier alpha value is -2.11. The number of ether oxygens (including phenoxy) is 1. The Bertz CT molecular complexity index is 661. The molecule has 2 aromatic rings. The number of para-hydroxylation sites is 1. The van der Waals surface area contributed by atoms with Gasteiger partial charge in [0, 0.05) is 17.8 Å². The van der Waals surface area contributed by atoms with Gasteiger partial charge in [0.15, 0.2) is 0 Å². The summed E-state index contributed by atoms with van der Waals surface area (Å²) < 4.78 is 5.38. The van der Waals surface area contributed by atoms with E-state index in [9.17, 15) is 4.79 Å². The average Bonchev–Trinajstić information content (AvgIpc) is 2.56. The summed E-state index contributed by atoms with van der Waals surface area (Å²) in [7, 11) is 3.54. The molecular formula is C17H20ClN3O2. The molecule has 0 saturated carbocycles. The van der Waals surface area contributed by atoms with E-state index in [1.54, 1.807) is 19.2 Å². The molecule has 0 saturated heterocycles. The first-order chi connectivity index (χ1) is 11.0. The van der Waals surface area contributed by atoms with Gasteiger partial charge in [-0.2, -0.15) is 0 Å². The second kappa shape index (κ2) is 7.94. The van der Waals surface area contributed by atoms with E-state index in [-0.39, 0.29) is 18.5 Å². The first-order valence-electron chi connectivity index (χ1n) is 7.26. The monoisotopic (exact) mass is 333 g/mol. The van der Waals surface area contributed by atoms with Gasteiger partial charge in [-0.05, 0) is 32.2 Å². The zero-order valence-corrected chi connectivity index (χ0v) is 14.2. The molecule has 0 aliphatic rings. The van der Waals surface area contributed by atoms with Crippen LogP contribution in [-0.4, -0.2) is 36.5 Å². The van der Waals surface area contributed by atoms with E-state index >= 15 is 0 Å². The van der Waals surface area contributed by atoms with Crippen molar-refractivity contribution >= 4 is 23.3 Å². The van der Waals surface area contributed by atoms with Crippen LogP contribution >= 0.6 is 11.6 Å². The Morgan fingerprint density at radius 1 is 1.35 bits per heavy atom. The van der Waals surface area contributed by atoms with Gasteiger partial charge in [-0.1, -0.05) is 29.8 Å². The second-order valence-corrected chi connectivity index (χ2v) is 5.68. The van der Waals surface area contributed by atoms with Crippen LogP contribution in [0.1, 0.15) is 18.5 Å². The molecule has 0 spiro atoms. The number of benzene rings is 1. The lowest BCUT2D eigenvalue weighted by atomic mass is 10.1. The second-order valence-electron chi connectivity index (χ2n) is 5.24. The Labute approximate surface area is 141 Å². The molecule has 0 aliphatic heterocycles. The fourth-order valence-electron chi connectivity index (χ4n) is 2.24. The molecule has 0 fully saturated rings. The van der Waals surface area contributed by atoms with Crippen molar-refractivity contribution in [1.29, 1.82) is 0 Å². The molecule has 1 heterocycles. The maximum absolute atomic E-state index is 12.1. The minimum absolute atomic E-state index is 0.0371. The standard InChI is InChI=1S/C17H20ClN3O2/c1-12(14-6-4-5-7-15(14)23-3)21(2)11-17(22)20-16-9-8-13(18)10-19-16/h4-10,12H,11H2,1-3H3,(H,19,20,22). The van der Waals surface area contributed by atoms with Crippen molar-refractivity contribution in [2.24, 2.45) is 0 Å². The molecular weight excluding hydrogens is 314 g/mol. The van der Waals surface area contributed by atoms with Gasteiger partial charge in [-0.15, -0.1) is 0 Å². The van der Waals surface area contributed by atoms with Crippen molar-refractivity contribution < 1.29 is 9.53 Å². The number of halogens is 1. The van der Waals surface area contributed by atoms with Gasteiger partial charge in [0.1, 0.15) is 11.6 Å². The Balaban J connectivity index is 1.98. The average molecular weight is 334 g/mol. The van der Waals surface area contributed by atoms with E-state index in [0.717, 1.165) is 11.3 Å². The molecule has 1 N–H and O–H groups in total. The minimum Gasteiger partial charge on any atom is -0.496 e. The highest BCUT2D eigenvalue weighted by molar-refractivity contribution is 6.30. The van der Waals surface area contributed by atoms with Gasteiger partial charge in [-0.3, -0.25) is 9.69 Å². The Kier molecular flexibility index (Phi) is 5.96.